The van der Waals surface area contributed by atoms with Gasteiger partial charge in [0.15, 0.2) is 6.23 Å². The molecule has 25 heteroatoms. The zero-order chi connectivity index (χ0) is 64.2. The van der Waals surface area contributed by atoms with Gasteiger partial charge in [-0.1, -0.05) is 87.4 Å². The highest BCUT2D eigenvalue weighted by molar-refractivity contribution is 6.00. The third-order valence-corrected chi connectivity index (χ3v) is 16.9. The van der Waals surface area contributed by atoms with Crippen molar-refractivity contribution in [2.45, 2.75) is 158 Å². The summed E-state index contributed by atoms with van der Waals surface area (Å²) < 4.78 is 12.0. The van der Waals surface area contributed by atoms with Crippen LogP contribution in [0.15, 0.2) is 97.1 Å². The first-order valence-corrected chi connectivity index (χ1v) is 30.5. The summed E-state index contributed by atoms with van der Waals surface area (Å²) in [4.78, 5) is 106. The van der Waals surface area contributed by atoms with Crippen LogP contribution >= 0.6 is 0 Å². The van der Waals surface area contributed by atoms with E-state index in [2.05, 4.69) is 38.4 Å². The van der Waals surface area contributed by atoms with Gasteiger partial charge in [-0.3, -0.25) is 33.6 Å². The van der Waals surface area contributed by atoms with Crippen molar-refractivity contribution in [3.8, 4) is 33.8 Å². The molecule has 4 aliphatic rings. The summed E-state index contributed by atoms with van der Waals surface area (Å²) in [6, 6.07) is 15.4. The van der Waals surface area contributed by atoms with Gasteiger partial charge in [-0.05, 0) is 110 Å². The Morgan fingerprint density at radius 1 is 0.640 bits per heavy atom. The van der Waals surface area contributed by atoms with Crippen molar-refractivity contribution in [2.24, 2.45) is 5.92 Å². The van der Waals surface area contributed by atoms with Gasteiger partial charge in [0.2, 0.25) is 35.4 Å². The monoisotopic (exact) mass is 1240 g/mol. The average Bonchev–Trinajstić information content (AvgIpc) is 2.17. The van der Waals surface area contributed by atoms with Gasteiger partial charge in [0.25, 0.3) is 5.91 Å². The minimum absolute atomic E-state index is 0.0541. The number of nitrogens with zero attached hydrogens (tertiary/aromatic N) is 3. The Morgan fingerprint density at radius 2 is 1.19 bits per heavy atom. The Hall–Kier alpha value is -7.59. The lowest BCUT2D eigenvalue weighted by atomic mass is 9.96. The molecule has 4 aromatic rings. The van der Waals surface area contributed by atoms with Crippen molar-refractivity contribution in [2.75, 3.05) is 45.9 Å². The first-order valence-electron chi connectivity index (χ1n) is 30.5. The van der Waals surface area contributed by atoms with Gasteiger partial charge in [-0.2, -0.15) is 0 Å². The van der Waals surface area contributed by atoms with Crippen LogP contribution in [0, 0.1) is 5.92 Å². The predicted molar refractivity (Wildman–Crippen MR) is 323 cm³/mol. The van der Waals surface area contributed by atoms with E-state index >= 15 is 0 Å². The third-order valence-electron chi connectivity index (χ3n) is 16.9. The Morgan fingerprint density at radius 3 is 1.78 bits per heavy atom. The van der Waals surface area contributed by atoms with Crippen LogP contribution in [0.1, 0.15) is 94.7 Å². The number of aliphatic hydroxyl groups is 7. The number of fused-ring (bicyclic) bond motifs is 2. The minimum Gasteiger partial charge on any atom is -0.508 e. The second kappa shape index (κ2) is 30.8. The summed E-state index contributed by atoms with van der Waals surface area (Å²) in [5, 5.41) is 103. The molecule has 0 radical (unpaired) electrons. The van der Waals surface area contributed by atoms with Gasteiger partial charge in [0.1, 0.15) is 66.1 Å². The molecule has 25 nitrogen and oxygen atoms in total. The summed E-state index contributed by atoms with van der Waals surface area (Å²) >= 11 is 0. The predicted octanol–water partition coefficient (Wildman–Crippen LogP) is 0.193. The molecule has 0 bridgehead atoms. The molecule has 89 heavy (non-hydrogen) atoms. The largest absolute Gasteiger partial charge is 0.508 e. The second-order valence-electron chi connectivity index (χ2n) is 23.7. The molecule has 0 unspecified atom stereocenters. The molecule has 0 saturated carbocycles. The third kappa shape index (κ3) is 16.8. The van der Waals surface area contributed by atoms with Crippen LogP contribution < -0.4 is 31.3 Å². The van der Waals surface area contributed by atoms with E-state index < -0.39 is 152 Å². The van der Waals surface area contributed by atoms with Crippen LogP contribution in [0.2, 0.25) is 0 Å². The van der Waals surface area contributed by atoms with Crippen LogP contribution in [0.3, 0.4) is 0 Å². The summed E-state index contributed by atoms with van der Waals surface area (Å²) in [6.45, 7) is 7.39. The lowest BCUT2D eigenvalue weighted by molar-refractivity contribution is -0.149. The van der Waals surface area contributed by atoms with Crippen LogP contribution in [-0.2, 0) is 33.5 Å². The highest BCUT2D eigenvalue weighted by Gasteiger charge is 2.50. The van der Waals surface area contributed by atoms with Crippen molar-refractivity contribution in [1.29, 1.82) is 0 Å². The number of nitrogens with one attached hydrogen (secondary N) is 5. The van der Waals surface area contributed by atoms with Crippen LogP contribution in [-0.4, -0.2) is 222 Å². The molecule has 15 atom stereocenters. The molecular formula is C64H84N8O17. The molecule has 4 heterocycles. The molecule has 4 aromatic carbocycles. The number of phenols is 1. The van der Waals surface area contributed by atoms with Gasteiger partial charge in [-0.15, -0.1) is 0 Å². The Bertz CT molecular complexity index is 3060. The second-order valence-corrected chi connectivity index (χ2v) is 23.7. The van der Waals surface area contributed by atoms with E-state index in [1.807, 2.05) is 48.5 Å². The van der Waals surface area contributed by atoms with E-state index in [1.54, 1.807) is 12.1 Å². The minimum atomic E-state index is -2.28. The molecule has 8 rings (SSSR count). The number of benzene rings is 4. The van der Waals surface area contributed by atoms with Crippen molar-refractivity contribution in [1.82, 2.24) is 41.3 Å². The number of ether oxygens (including phenoxy) is 2. The molecule has 0 spiro atoms. The van der Waals surface area contributed by atoms with Crippen molar-refractivity contribution < 1.29 is 83.9 Å². The molecule has 482 valence electrons. The normalized spacial score (nSPS) is 27.4. The van der Waals surface area contributed by atoms with Gasteiger partial charge in [0, 0.05) is 44.0 Å². The Kier molecular flexibility index (Phi) is 23.3. The average molecular weight is 1240 g/mol. The fourth-order valence-corrected chi connectivity index (χ4v) is 11.7. The fourth-order valence-electron chi connectivity index (χ4n) is 11.7. The summed E-state index contributed by atoms with van der Waals surface area (Å²) in [7, 11) is 0. The highest BCUT2D eigenvalue weighted by atomic mass is 16.5. The molecule has 4 saturated heterocycles. The smallest absolute Gasteiger partial charge is 0.251 e. The van der Waals surface area contributed by atoms with Crippen LogP contribution in [0.5, 0.6) is 11.5 Å². The van der Waals surface area contributed by atoms with Gasteiger partial charge in [-0.25, -0.2) is 0 Å². The Labute approximate surface area is 516 Å². The number of amides is 7. The van der Waals surface area contributed by atoms with Crippen molar-refractivity contribution >= 4 is 41.4 Å². The lowest BCUT2D eigenvalue weighted by Crippen LogP contribution is -2.64. The maximum absolute atomic E-state index is 14.8. The van der Waals surface area contributed by atoms with E-state index in [-0.39, 0.29) is 30.0 Å². The molecule has 13 N–H and O–H groups in total. The topological polar surface area (TPSA) is 370 Å². The fraction of sp³-hybridized carbons (Fsp3) is 0.516. The number of likely N-dealkylation sites (tertiary alicyclic amines) is 1. The number of carbonyl (C=O) groups excluding carboxylic acids is 7. The van der Waals surface area contributed by atoms with E-state index in [0.717, 1.165) is 96.8 Å². The van der Waals surface area contributed by atoms with E-state index in [9.17, 15) is 74.4 Å². The number of unbranched alkanes of at least 4 members (excludes halogenated alkanes) is 2. The number of phenolic OH excluding ortho intramolecular Hbond substituents is 1. The van der Waals surface area contributed by atoms with Crippen molar-refractivity contribution in [3.05, 3.63) is 108 Å². The maximum atomic E-state index is 14.8. The van der Waals surface area contributed by atoms with Crippen molar-refractivity contribution in [3.63, 3.8) is 0 Å². The Balaban J connectivity index is 1.12. The summed E-state index contributed by atoms with van der Waals surface area (Å²) in [5.41, 5.74) is 3.50. The van der Waals surface area contributed by atoms with E-state index in [1.165, 1.54) is 43.3 Å². The molecule has 0 aliphatic carbocycles. The number of aromatic hydroxyl groups is 1. The van der Waals surface area contributed by atoms with Gasteiger partial charge in [0.05, 0.1) is 37.6 Å². The number of rotatable bonds is 18. The molecule has 4 fully saturated rings. The SMILES string of the molecule is CCCCCOc1ccc(-c2ccc(-c3ccc(C(=O)N[C@H]4C[C@@H](O)[C@@H](OCCN5CCCC5)NC(=O)[C@@H]5[C@@H](O)[C@@H](C)CN5C(=O)[C@H]([C@H](C)O)NC(=O)[C@H]([C@H](O)[C@@H](O)c5ccc(O)cc5)NC(=O)[C@@H]5C[C@@H](O)CN5C(=O)[C@H]([C@H](C)O)NC4=O)cc3)cc2)cc1. The molecule has 0 aromatic heterocycles. The molecule has 4 aliphatic heterocycles. The van der Waals surface area contributed by atoms with Gasteiger partial charge < -0.3 is 91.6 Å². The highest BCUT2D eigenvalue weighted by Crippen LogP contribution is 2.30. The number of aliphatic hydroxyl groups excluding tert-OH is 7. The number of hydrogen-bond donors (Lipinski definition) is 13. The summed E-state index contributed by atoms with van der Waals surface area (Å²) in [5.74, 6) is -8.17. The molecular weight excluding hydrogens is 1150 g/mol. The number of carbonyl (C=O) groups is 7. The molecule has 7 amide bonds. The standard InChI is InChI=1S/C64H84N8O17/c1-5-6-9-29-88-46-24-20-41(21-25-46)39-12-10-38(11-13-39)40-14-16-43(17-15-40)57(81)65-47-32-49(77)62(89-30-28-70-26-7-8-27-70)69-61(85)53-54(78)35(2)33-72(53)64(87)51(37(4)74)67-60(84)52(56(80)55(79)42-18-22-44(75)23-19-42)68-59(83)48-31-45(76)34-71(48)63(86)50(36(3)73)66-58(47)82/h10-25,35-37,45,47-56,62,73-80H,5-9,26-34H2,1-4H3,(H,65,81)(H,66,82)(H,67,84)(H,68,83)(H,69,85)/t35-,36-,37-,45+,47-,48-,49+,50-,51-,52-,53-,54-,55-,56-,62+/m0/s1. The summed E-state index contributed by atoms with van der Waals surface area (Å²) in [6.07, 6.45) is -10.7. The van der Waals surface area contributed by atoms with Crippen LogP contribution in [0.4, 0.5) is 0 Å². The van der Waals surface area contributed by atoms with Crippen LogP contribution in [0.25, 0.3) is 22.3 Å². The zero-order valence-corrected chi connectivity index (χ0v) is 50.4. The zero-order valence-electron chi connectivity index (χ0n) is 50.4. The van der Waals surface area contributed by atoms with E-state index in [0.29, 0.717) is 13.2 Å². The first-order chi connectivity index (χ1) is 42.5. The lowest BCUT2D eigenvalue weighted by Gasteiger charge is -2.34. The van der Waals surface area contributed by atoms with Gasteiger partial charge >= 0.3 is 0 Å². The first kappa shape index (κ1) is 67.3. The van der Waals surface area contributed by atoms with E-state index in [4.69, 9.17) is 9.47 Å². The quantitative estimate of drug-likeness (QED) is 0.0592. The number of hydrogen-bond acceptors (Lipinski definition) is 18. The maximum Gasteiger partial charge on any atom is 0.251 e.